The van der Waals surface area contributed by atoms with Crippen molar-refractivity contribution in [3.63, 3.8) is 0 Å². The Kier molecular flexibility index (Phi) is 6.01. The van der Waals surface area contributed by atoms with Gasteiger partial charge in [-0.05, 0) is 33.6 Å². The second kappa shape index (κ2) is 6.52. The molecule has 0 aliphatic rings. The highest BCUT2D eigenvalue weighted by molar-refractivity contribution is 6.01. The lowest BCUT2D eigenvalue weighted by atomic mass is 9.97. The SMILES string of the molecule is CC(=O)CC(=O)[C@H](NC(=O)OC(C)(C)C)C(C)C. The Labute approximate surface area is 108 Å². The van der Waals surface area contributed by atoms with Crippen LogP contribution in [0, 0.1) is 5.92 Å². The van der Waals surface area contributed by atoms with Gasteiger partial charge in [0.1, 0.15) is 11.4 Å². The highest BCUT2D eigenvalue weighted by atomic mass is 16.6. The quantitative estimate of drug-likeness (QED) is 0.765. The number of rotatable bonds is 5. The smallest absolute Gasteiger partial charge is 0.408 e. The Bertz CT molecular complexity index is 328. The maximum atomic E-state index is 11.8. The zero-order valence-electron chi connectivity index (χ0n) is 12.0. The van der Waals surface area contributed by atoms with E-state index >= 15 is 0 Å². The summed E-state index contributed by atoms with van der Waals surface area (Å²) in [6.45, 7) is 10.2. The lowest BCUT2D eigenvalue weighted by molar-refractivity contribution is -0.127. The molecular formula is C13H23NO4. The highest BCUT2D eigenvalue weighted by Gasteiger charge is 2.27. The molecule has 0 spiro atoms. The zero-order chi connectivity index (χ0) is 14.5. The molecule has 5 heteroatoms. The lowest BCUT2D eigenvalue weighted by Crippen LogP contribution is -2.46. The van der Waals surface area contributed by atoms with Gasteiger partial charge in [0.25, 0.3) is 0 Å². The lowest BCUT2D eigenvalue weighted by Gasteiger charge is -2.24. The molecule has 18 heavy (non-hydrogen) atoms. The molecule has 1 atom stereocenters. The third-order valence-corrected chi connectivity index (χ3v) is 2.11. The zero-order valence-corrected chi connectivity index (χ0v) is 12.0. The van der Waals surface area contributed by atoms with E-state index in [4.69, 9.17) is 4.74 Å². The number of Topliss-reactive ketones (excluding diaryl/α,β-unsaturated/α-hetero) is 2. The van der Waals surface area contributed by atoms with Crippen molar-refractivity contribution in [3.8, 4) is 0 Å². The fourth-order valence-corrected chi connectivity index (χ4v) is 1.41. The first-order valence-corrected chi connectivity index (χ1v) is 6.04. The number of ketones is 2. The van der Waals surface area contributed by atoms with Crippen molar-refractivity contribution in [2.45, 2.75) is 59.6 Å². The first-order chi connectivity index (χ1) is 8.03. The van der Waals surface area contributed by atoms with Gasteiger partial charge in [-0.25, -0.2) is 4.79 Å². The van der Waals surface area contributed by atoms with Crippen molar-refractivity contribution in [1.82, 2.24) is 5.32 Å². The molecule has 1 N–H and O–H groups in total. The predicted octanol–water partition coefficient (Wildman–Crippen LogP) is 2.08. The van der Waals surface area contributed by atoms with E-state index in [1.807, 2.05) is 0 Å². The summed E-state index contributed by atoms with van der Waals surface area (Å²) in [7, 11) is 0. The normalized spacial score (nSPS) is 13.1. The van der Waals surface area contributed by atoms with Crippen LogP contribution in [-0.4, -0.2) is 29.3 Å². The monoisotopic (exact) mass is 257 g/mol. The van der Waals surface area contributed by atoms with E-state index in [2.05, 4.69) is 5.32 Å². The minimum Gasteiger partial charge on any atom is -0.444 e. The Balaban J connectivity index is 4.59. The summed E-state index contributed by atoms with van der Waals surface area (Å²) in [6.07, 6.45) is -0.809. The summed E-state index contributed by atoms with van der Waals surface area (Å²) >= 11 is 0. The van der Waals surface area contributed by atoms with Crippen LogP contribution in [0.2, 0.25) is 0 Å². The number of carbonyl (C=O) groups is 3. The Morgan fingerprint density at radius 1 is 1.17 bits per heavy atom. The van der Waals surface area contributed by atoms with Gasteiger partial charge in [0.05, 0.1) is 12.5 Å². The van der Waals surface area contributed by atoms with Crippen LogP contribution in [0.5, 0.6) is 0 Å². The third kappa shape index (κ3) is 7.04. The summed E-state index contributed by atoms with van der Waals surface area (Å²) in [5, 5.41) is 2.52. The molecule has 0 rings (SSSR count). The van der Waals surface area contributed by atoms with Gasteiger partial charge in [0.15, 0.2) is 5.78 Å². The fourth-order valence-electron chi connectivity index (χ4n) is 1.41. The molecule has 0 aliphatic carbocycles. The van der Waals surface area contributed by atoms with Crippen molar-refractivity contribution in [3.05, 3.63) is 0 Å². The molecule has 0 bridgehead atoms. The number of hydrogen-bond acceptors (Lipinski definition) is 4. The van der Waals surface area contributed by atoms with E-state index in [0.29, 0.717) is 0 Å². The van der Waals surface area contributed by atoms with Gasteiger partial charge in [-0.1, -0.05) is 13.8 Å². The third-order valence-electron chi connectivity index (χ3n) is 2.11. The van der Waals surface area contributed by atoms with E-state index in [0.717, 1.165) is 0 Å². The molecule has 0 aromatic rings. The maximum absolute atomic E-state index is 11.8. The van der Waals surface area contributed by atoms with Crippen LogP contribution in [0.3, 0.4) is 0 Å². The van der Waals surface area contributed by atoms with Gasteiger partial charge in [-0.15, -0.1) is 0 Å². The molecule has 104 valence electrons. The van der Waals surface area contributed by atoms with Crippen molar-refractivity contribution < 1.29 is 19.1 Å². The van der Waals surface area contributed by atoms with Crippen LogP contribution >= 0.6 is 0 Å². The van der Waals surface area contributed by atoms with E-state index in [-0.39, 0.29) is 23.9 Å². The van der Waals surface area contributed by atoms with Crippen LogP contribution in [0.15, 0.2) is 0 Å². The number of amides is 1. The van der Waals surface area contributed by atoms with Gasteiger partial charge in [0.2, 0.25) is 0 Å². The number of nitrogens with one attached hydrogen (secondary N) is 1. The molecular weight excluding hydrogens is 234 g/mol. The van der Waals surface area contributed by atoms with Gasteiger partial charge < -0.3 is 10.1 Å². The van der Waals surface area contributed by atoms with Gasteiger partial charge in [-0.3, -0.25) is 9.59 Å². The number of ether oxygens (including phenoxy) is 1. The van der Waals surface area contributed by atoms with Crippen LogP contribution in [-0.2, 0) is 14.3 Å². The topological polar surface area (TPSA) is 72.5 Å². The average Bonchev–Trinajstić information content (AvgIpc) is 2.09. The summed E-state index contributed by atoms with van der Waals surface area (Å²) in [5.41, 5.74) is -0.616. The highest BCUT2D eigenvalue weighted by Crippen LogP contribution is 2.10. The minimum absolute atomic E-state index is 0.0932. The summed E-state index contributed by atoms with van der Waals surface area (Å²) in [5.74, 6) is -0.593. The predicted molar refractivity (Wildman–Crippen MR) is 68.3 cm³/mol. The summed E-state index contributed by atoms with van der Waals surface area (Å²) in [6, 6.07) is -0.691. The van der Waals surface area contributed by atoms with E-state index in [9.17, 15) is 14.4 Å². The molecule has 0 aromatic carbocycles. The van der Waals surface area contributed by atoms with E-state index in [1.165, 1.54) is 6.92 Å². The molecule has 5 nitrogen and oxygen atoms in total. The van der Waals surface area contributed by atoms with Crippen molar-refractivity contribution in [2.24, 2.45) is 5.92 Å². The van der Waals surface area contributed by atoms with Crippen LogP contribution in [0.1, 0.15) is 48.0 Å². The van der Waals surface area contributed by atoms with Crippen molar-refractivity contribution >= 4 is 17.7 Å². The fraction of sp³-hybridized carbons (Fsp3) is 0.769. The molecule has 0 aliphatic heterocycles. The number of carbonyl (C=O) groups excluding carboxylic acids is 3. The molecule has 1 amide bonds. The molecule has 0 radical (unpaired) electrons. The van der Waals surface area contributed by atoms with E-state index < -0.39 is 17.7 Å². The van der Waals surface area contributed by atoms with Crippen LogP contribution in [0.4, 0.5) is 4.79 Å². The standard InChI is InChI=1S/C13H23NO4/c1-8(2)11(10(16)7-9(3)15)14-12(17)18-13(4,5)6/h8,11H,7H2,1-6H3,(H,14,17)/t11-/m1/s1. The molecule has 0 fully saturated rings. The first kappa shape index (κ1) is 16.6. The van der Waals surface area contributed by atoms with Crippen LogP contribution in [0.25, 0.3) is 0 Å². The Hall–Kier alpha value is -1.39. The summed E-state index contributed by atoms with van der Waals surface area (Å²) in [4.78, 5) is 34.3. The summed E-state index contributed by atoms with van der Waals surface area (Å²) < 4.78 is 5.09. The molecule has 0 aromatic heterocycles. The largest absolute Gasteiger partial charge is 0.444 e. The second-order valence-electron chi connectivity index (χ2n) is 5.71. The van der Waals surface area contributed by atoms with Gasteiger partial charge >= 0.3 is 6.09 Å². The minimum atomic E-state index is -0.691. The second-order valence-corrected chi connectivity index (χ2v) is 5.71. The van der Waals surface area contributed by atoms with E-state index in [1.54, 1.807) is 34.6 Å². The Morgan fingerprint density at radius 3 is 2.00 bits per heavy atom. The average molecular weight is 257 g/mol. The van der Waals surface area contributed by atoms with Gasteiger partial charge in [-0.2, -0.15) is 0 Å². The number of alkyl carbamates (subject to hydrolysis) is 1. The Morgan fingerprint density at radius 2 is 1.67 bits per heavy atom. The van der Waals surface area contributed by atoms with Crippen molar-refractivity contribution in [2.75, 3.05) is 0 Å². The molecule has 0 heterocycles. The molecule has 0 saturated heterocycles. The maximum Gasteiger partial charge on any atom is 0.408 e. The van der Waals surface area contributed by atoms with Crippen LogP contribution < -0.4 is 5.32 Å². The number of hydrogen-bond donors (Lipinski definition) is 1. The molecule has 0 saturated carbocycles. The first-order valence-electron chi connectivity index (χ1n) is 6.04. The van der Waals surface area contributed by atoms with Crippen molar-refractivity contribution in [1.29, 1.82) is 0 Å². The molecule has 0 unspecified atom stereocenters. The van der Waals surface area contributed by atoms with Gasteiger partial charge in [0, 0.05) is 0 Å².